The van der Waals surface area contributed by atoms with E-state index in [9.17, 15) is 43.5 Å². The van der Waals surface area contributed by atoms with Gasteiger partial charge in [0.15, 0.2) is 12.3 Å². The molecule has 7 atom stereocenters. The number of aromatic nitrogens is 2. The van der Waals surface area contributed by atoms with Gasteiger partial charge < -0.3 is 39.9 Å². The van der Waals surface area contributed by atoms with Crippen LogP contribution in [-0.2, 0) is 46.3 Å². The maximum atomic E-state index is 12.9. The predicted octanol–water partition coefficient (Wildman–Crippen LogP) is 13.1. The van der Waals surface area contributed by atoms with Gasteiger partial charge in [-0.2, -0.15) is 9.29 Å². The Hall–Kier alpha value is -2.24. The Balaban J connectivity index is 1.73. The Kier molecular flexibility index (Phi) is 38.3. The summed E-state index contributed by atoms with van der Waals surface area (Å²) in [5, 5.41) is 21.0. The van der Waals surface area contributed by atoms with Gasteiger partial charge >= 0.3 is 33.3 Å². The number of hydrogen-bond donors (Lipinski definition) is 5. The van der Waals surface area contributed by atoms with E-state index in [1.165, 1.54) is 166 Å². The van der Waals surface area contributed by atoms with Gasteiger partial charge in [-0.1, -0.05) is 227 Å². The number of hydrogen-bond acceptors (Lipinski definition) is 15. The molecule has 6 N–H and O–H groups in total. The van der Waals surface area contributed by atoms with Crippen molar-refractivity contribution < 1.29 is 66.3 Å². The first-order valence-electron chi connectivity index (χ1n) is 29.3. The molecule has 3 unspecified atom stereocenters. The molecule has 1 aromatic rings. The second-order valence-electron chi connectivity index (χ2n) is 21.8. The third-order valence-corrected chi connectivity index (χ3v) is 16.4. The van der Waals surface area contributed by atoms with E-state index >= 15 is 0 Å². The molecular weight excluding hydrogens is 1000 g/mol. The molecule has 2 rings (SSSR count). The first-order chi connectivity index (χ1) is 35.9. The van der Waals surface area contributed by atoms with Crippen molar-refractivity contribution >= 4 is 33.4 Å². The fourth-order valence-electron chi connectivity index (χ4n) is 9.27. The van der Waals surface area contributed by atoms with Gasteiger partial charge in [0.2, 0.25) is 0 Å². The van der Waals surface area contributed by atoms with Crippen LogP contribution in [0, 0.1) is 11.8 Å². The average Bonchev–Trinajstić information content (AvgIpc) is 3.62. The largest absolute Gasteiger partial charge is 0.481 e. The Labute approximate surface area is 450 Å². The number of phosphoric ester groups is 2. The van der Waals surface area contributed by atoms with Crippen LogP contribution >= 0.6 is 15.6 Å². The number of carbonyl (C=O) groups excluding carboxylic acids is 2. The van der Waals surface area contributed by atoms with Crippen LogP contribution in [0.25, 0.3) is 0 Å². The number of anilines is 1. The molecule has 0 aliphatic carbocycles. The van der Waals surface area contributed by atoms with Crippen molar-refractivity contribution in [3.05, 3.63) is 22.7 Å². The molecule has 0 aromatic carbocycles. The van der Waals surface area contributed by atoms with E-state index in [0.29, 0.717) is 12.8 Å². The third kappa shape index (κ3) is 35.8. The topological polar surface area (TPSA) is 265 Å². The lowest BCUT2D eigenvalue weighted by Gasteiger charge is -2.21. The molecular formula is C55H103N3O15P2. The third-order valence-electron chi connectivity index (χ3n) is 13.8. The highest BCUT2D eigenvalue weighted by Crippen LogP contribution is 2.60. The second kappa shape index (κ2) is 41.8. The van der Waals surface area contributed by atoms with Gasteiger partial charge in [-0.05, 0) is 30.7 Å². The minimum Gasteiger partial charge on any atom is -0.462 e. The molecule has 1 fully saturated rings. The van der Waals surface area contributed by atoms with Crippen LogP contribution in [0.4, 0.5) is 5.82 Å². The van der Waals surface area contributed by atoms with Crippen LogP contribution in [0.3, 0.4) is 0 Å². The van der Waals surface area contributed by atoms with Gasteiger partial charge in [-0.25, -0.2) is 13.9 Å². The minimum absolute atomic E-state index is 0.0577. The highest BCUT2D eigenvalue weighted by atomic mass is 31.3. The van der Waals surface area contributed by atoms with E-state index in [-0.39, 0.29) is 18.7 Å². The van der Waals surface area contributed by atoms with Crippen molar-refractivity contribution in [2.75, 3.05) is 25.6 Å². The van der Waals surface area contributed by atoms with Gasteiger partial charge in [0.25, 0.3) is 0 Å². The number of aliphatic hydroxyl groups is 2. The van der Waals surface area contributed by atoms with Gasteiger partial charge in [-0.3, -0.25) is 23.2 Å². The minimum atomic E-state index is -5.42. The van der Waals surface area contributed by atoms with Gasteiger partial charge in [-0.15, -0.1) is 0 Å². The van der Waals surface area contributed by atoms with Gasteiger partial charge in [0.05, 0.1) is 13.2 Å². The first kappa shape index (κ1) is 68.9. The number of rotatable bonds is 49. The van der Waals surface area contributed by atoms with Crippen LogP contribution in [0.5, 0.6) is 0 Å². The van der Waals surface area contributed by atoms with E-state index < -0.39 is 83.7 Å². The molecule has 0 radical (unpaired) electrons. The number of unbranched alkanes of at least 4 members (excludes halogenated alkanes) is 29. The molecule has 0 saturated carbocycles. The summed E-state index contributed by atoms with van der Waals surface area (Å²) in [4.78, 5) is 62.2. The molecule has 18 nitrogen and oxygen atoms in total. The lowest BCUT2D eigenvalue weighted by molar-refractivity contribution is -0.161. The van der Waals surface area contributed by atoms with Gasteiger partial charge in [0, 0.05) is 19.0 Å². The summed E-state index contributed by atoms with van der Waals surface area (Å²) in [6, 6.07) is 1.25. The van der Waals surface area contributed by atoms with Crippen molar-refractivity contribution in [3.8, 4) is 0 Å². The van der Waals surface area contributed by atoms with Crippen molar-refractivity contribution in [3.63, 3.8) is 0 Å². The zero-order chi connectivity index (χ0) is 55.2. The average molecular weight is 1110 g/mol. The van der Waals surface area contributed by atoms with Crippen LogP contribution in [0.2, 0.25) is 0 Å². The number of phosphoric acid groups is 2. The Morgan fingerprint density at radius 2 is 0.987 bits per heavy atom. The zero-order valence-electron chi connectivity index (χ0n) is 46.7. The lowest BCUT2D eigenvalue weighted by atomic mass is 10.0. The normalized spacial score (nSPS) is 18.9. The van der Waals surface area contributed by atoms with Crippen molar-refractivity contribution in [1.29, 1.82) is 0 Å². The summed E-state index contributed by atoms with van der Waals surface area (Å²) in [5.41, 5.74) is 4.61. The summed E-state index contributed by atoms with van der Waals surface area (Å²) >= 11 is 0. The van der Waals surface area contributed by atoms with Crippen LogP contribution in [0.15, 0.2) is 17.1 Å². The van der Waals surface area contributed by atoms with Crippen molar-refractivity contribution in [1.82, 2.24) is 9.55 Å². The molecule has 2 heterocycles. The fraction of sp³-hybridized carbons (Fsp3) is 0.891. The second-order valence-corrected chi connectivity index (χ2v) is 24.9. The monoisotopic (exact) mass is 1110 g/mol. The summed E-state index contributed by atoms with van der Waals surface area (Å²) in [5.74, 6) is 0.343. The Bertz CT molecular complexity index is 1790. The summed E-state index contributed by atoms with van der Waals surface area (Å²) in [7, 11) is -10.8. The molecule has 1 aliphatic heterocycles. The number of ether oxygens (including phenoxy) is 3. The highest BCUT2D eigenvalue weighted by molar-refractivity contribution is 7.61. The lowest BCUT2D eigenvalue weighted by Crippen LogP contribution is -2.36. The Morgan fingerprint density at radius 3 is 1.40 bits per heavy atom. The number of esters is 2. The van der Waals surface area contributed by atoms with E-state index in [2.05, 4.69) is 37.0 Å². The molecule has 75 heavy (non-hydrogen) atoms. The molecule has 0 amide bonds. The van der Waals surface area contributed by atoms with E-state index in [1.54, 1.807) is 0 Å². The molecule has 0 bridgehead atoms. The highest BCUT2D eigenvalue weighted by Gasteiger charge is 2.46. The van der Waals surface area contributed by atoms with Crippen LogP contribution < -0.4 is 11.4 Å². The van der Waals surface area contributed by atoms with E-state index in [0.717, 1.165) is 61.3 Å². The molecule has 1 aromatic heterocycles. The maximum Gasteiger partial charge on any atom is 0.481 e. The molecule has 20 heteroatoms. The summed E-state index contributed by atoms with van der Waals surface area (Å²) < 4.78 is 57.1. The number of nitrogen functional groups attached to an aromatic ring is 1. The van der Waals surface area contributed by atoms with Crippen LogP contribution in [-0.4, -0.2) is 85.7 Å². The number of carbonyl (C=O) groups is 2. The summed E-state index contributed by atoms with van der Waals surface area (Å²) in [6.07, 6.45) is 33.2. The molecule has 0 spiro atoms. The summed E-state index contributed by atoms with van der Waals surface area (Å²) in [6.45, 7) is 6.89. The number of aliphatic hydroxyl groups excluding tert-OH is 2. The quantitative estimate of drug-likeness (QED) is 0.0231. The number of nitrogens with two attached hydrogens (primary N) is 1. The van der Waals surface area contributed by atoms with Crippen molar-refractivity contribution in [2.24, 2.45) is 11.8 Å². The smallest absolute Gasteiger partial charge is 0.462 e. The first-order valence-corrected chi connectivity index (χ1v) is 32.3. The van der Waals surface area contributed by atoms with E-state index in [1.807, 2.05) is 0 Å². The van der Waals surface area contributed by atoms with Gasteiger partial charge in [0.1, 0.15) is 30.7 Å². The standard InChI is InChI=1S/C55H103N3O15P2/c1-45(2)36-32-28-24-20-16-12-8-5-6-10-14-18-22-26-30-34-38-50(59)68-42-47(71-51(60)39-35-31-27-23-19-15-11-7-9-13-17-21-25-29-33-37-46(3)4)43-69-74(64,65)73-75(66,67)70-44-48-52(61)53(62)54(72-48)58-41-40-49(56)57-55(58)63/h40-41,45-48,52-54,61-62H,5-39,42-44H2,1-4H3,(H,64,65)(H,66,67)(H2,56,57,63)/t47-,48-,52+,53?,54-/m1/s1. The fourth-order valence-corrected chi connectivity index (χ4v) is 11.4. The van der Waals surface area contributed by atoms with E-state index in [4.69, 9.17) is 29.0 Å². The van der Waals surface area contributed by atoms with Crippen molar-refractivity contribution in [2.45, 2.75) is 283 Å². The maximum absolute atomic E-state index is 12.9. The molecule has 438 valence electrons. The molecule has 1 aliphatic rings. The SMILES string of the molecule is CC(C)CCCCCCCCCCCCCCCCCCC(=O)OC[C@H](COP(=O)(O)OP(=O)(O)OC[C@H]1O[C@@H](n2ccc(N)nc2=O)C(O)[C@H]1O)OC(=O)CCCCCCCCCCCCCCCCCC(C)C. The van der Waals surface area contributed by atoms with Crippen LogP contribution in [0.1, 0.15) is 259 Å². The zero-order valence-corrected chi connectivity index (χ0v) is 48.5. The predicted molar refractivity (Wildman–Crippen MR) is 294 cm³/mol. The Morgan fingerprint density at radius 1 is 0.600 bits per heavy atom. The molecule has 1 saturated heterocycles. The number of nitrogens with zero attached hydrogens (tertiary/aromatic N) is 2.